The number of amides is 1. The van der Waals surface area contributed by atoms with Crippen molar-refractivity contribution < 1.29 is 4.79 Å². The summed E-state index contributed by atoms with van der Waals surface area (Å²) in [5.41, 5.74) is 4.47. The van der Waals surface area contributed by atoms with Gasteiger partial charge in [-0.25, -0.2) is 4.79 Å². The molecule has 0 spiro atoms. The highest BCUT2D eigenvalue weighted by Gasteiger charge is 2.34. The van der Waals surface area contributed by atoms with Crippen LogP contribution >= 0.6 is 15.9 Å². The van der Waals surface area contributed by atoms with Crippen molar-refractivity contribution >= 4 is 43.6 Å². The molecule has 1 saturated heterocycles. The van der Waals surface area contributed by atoms with Gasteiger partial charge in [-0.1, -0.05) is 52.3 Å². The summed E-state index contributed by atoms with van der Waals surface area (Å²) < 4.78 is 4.72. The Labute approximate surface area is 206 Å². The maximum atomic E-state index is 13.4. The van der Waals surface area contributed by atoms with E-state index in [0.29, 0.717) is 6.04 Å². The zero-order chi connectivity index (χ0) is 23.4. The molecular weight excluding hydrogens is 492 g/mol. The smallest absolute Gasteiger partial charge is 0.329 e. The van der Waals surface area contributed by atoms with E-state index in [9.17, 15) is 9.59 Å². The van der Waals surface area contributed by atoms with Gasteiger partial charge in [-0.2, -0.15) is 0 Å². The second kappa shape index (κ2) is 8.40. The van der Waals surface area contributed by atoms with Crippen molar-refractivity contribution in [3.8, 4) is 0 Å². The number of rotatable bonds is 4. The van der Waals surface area contributed by atoms with Crippen LogP contribution < -0.4 is 11.0 Å². The number of hydrogen-bond acceptors (Lipinski definition) is 3. The minimum Gasteiger partial charge on any atom is -0.358 e. The number of piperidine rings is 1. The number of likely N-dealkylation sites (tertiary alicyclic amines) is 1. The van der Waals surface area contributed by atoms with Gasteiger partial charge in [0.2, 0.25) is 5.91 Å². The number of aromatic nitrogens is 2. The lowest BCUT2D eigenvalue weighted by molar-refractivity contribution is -0.121. The van der Waals surface area contributed by atoms with Crippen LogP contribution in [-0.4, -0.2) is 40.1 Å². The van der Waals surface area contributed by atoms with Gasteiger partial charge in [-0.05, 0) is 59.4 Å². The summed E-state index contributed by atoms with van der Waals surface area (Å²) in [6.45, 7) is 1.92. The number of likely N-dealkylation sites (N-methyl/N-ethyl adjacent to an activating group) is 1. The number of nitrogens with zero attached hydrogens (tertiary/aromatic N) is 3. The second-order valence-corrected chi connectivity index (χ2v) is 10.2. The quantitative estimate of drug-likeness (QED) is 0.435. The van der Waals surface area contributed by atoms with Gasteiger partial charge in [-0.15, -0.1) is 0 Å². The molecule has 1 amide bonds. The Balaban J connectivity index is 1.29. The van der Waals surface area contributed by atoms with Crippen LogP contribution in [0.2, 0.25) is 0 Å². The average molecular weight is 519 g/mol. The normalized spacial score (nSPS) is 18.7. The van der Waals surface area contributed by atoms with Crippen LogP contribution in [0.4, 0.5) is 0 Å². The van der Waals surface area contributed by atoms with Crippen molar-refractivity contribution in [2.24, 2.45) is 0 Å². The van der Waals surface area contributed by atoms with Crippen molar-refractivity contribution in [2.75, 3.05) is 20.1 Å². The molecule has 0 radical (unpaired) electrons. The summed E-state index contributed by atoms with van der Waals surface area (Å²) in [7, 11) is 1.60. The first-order valence-electron chi connectivity index (χ1n) is 11.9. The molecule has 1 aliphatic heterocycles. The van der Waals surface area contributed by atoms with Crippen molar-refractivity contribution in [3.05, 3.63) is 80.7 Å². The largest absolute Gasteiger partial charge is 0.358 e. The lowest BCUT2D eigenvalue weighted by Gasteiger charge is -2.37. The molecule has 0 bridgehead atoms. The van der Waals surface area contributed by atoms with Crippen LogP contribution in [0.25, 0.3) is 21.8 Å². The number of carbonyl (C=O) groups excluding carboxylic acids is 1. The highest BCUT2D eigenvalue weighted by Crippen LogP contribution is 2.45. The minimum absolute atomic E-state index is 0.0417. The van der Waals surface area contributed by atoms with Gasteiger partial charge < -0.3 is 5.32 Å². The van der Waals surface area contributed by atoms with E-state index in [4.69, 9.17) is 0 Å². The van der Waals surface area contributed by atoms with Gasteiger partial charge in [0.1, 0.15) is 6.54 Å². The maximum absolute atomic E-state index is 13.4. The summed E-state index contributed by atoms with van der Waals surface area (Å²) in [5, 5.41) is 5.34. The molecule has 174 valence electrons. The molecule has 2 heterocycles. The Morgan fingerprint density at radius 1 is 1.03 bits per heavy atom. The molecule has 1 N–H and O–H groups in total. The van der Waals surface area contributed by atoms with Crippen LogP contribution in [-0.2, 0) is 17.8 Å². The van der Waals surface area contributed by atoms with Gasteiger partial charge in [0.15, 0.2) is 0 Å². The topological polar surface area (TPSA) is 59.3 Å². The molecule has 2 aliphatic rings. The number of halogens is 1. The third-order valence-corrected chi connectivity index (χ3v) is 8.31. The van der Waals surface area contributed by atoms with Gasteiger partial charge in [0.05, 0.1) is 11.0 Å². The standard InChI is InChI=1S/C27H27BrN4O2/c1-29-24(33)16-31-21-7-2-3-8-22(21)32(27(31)34)19-11-13-30(14-12-19)23-15-18-6-4-5-17-9-10-20(28)26(23)25(17)18/h2-10,19,23H,11-16H2,1H3,(H,29,33). The Morgan fingerprint density at radius 3 is 2.56 bits per heavy atom. The van der Waals surface area contributed by atoms with Gasteiger partial charge in [-0.3, -0.25) is 18.8 Å². The predicted molar refractivity (Wildman–Crippen MR) is 138 cm³/mol. The van der Waals surface area contributed by atoms with Crippen molar-refractivity contribution in [3.63, 3.8) is 0 Å². The fourth-order valence-corrected chi connectivity index (χ4v) is 6.59. The van der Waals surface area contributed by atoms with Crippen LogP contribution in [0.3, 0.4) is 0 Å². The molecule has 34 heavy (non-hydrogen) atoms. The van der Waals surface area contributed by atoms with E-state index < -0.39 is 0 Å². The molecule has 1 aromatic heterocycles. The maximum Gasteiger partial charge on any atom is 0.329 e. The van der Waals surface area contributed by atoms with Gasteiger partial charge in [0.25, 0.3) is 0 Å². The summed E-state index contributed by atoms with van der Waals surface area (Å²) in [6, 6.07) is 19.3. The Kier molecular flexibility index (Phi) is 5.34. The molecule has 1 fully saturated rings. The number of fused-ring (bicyclic) bond motifs is 1. The molecule has 1 aliphatic carbocycles. The van der Waals surface area contributed by atoms with E-state index in [1.165, 1.54) is 26.4 Å². The SMILES string of the molecule is CNC(=O)Cn1c(=O)n(C2CCN(C3Cc4cccc5ccc(Br)c3c45)CC2)c2ccccc21. The first-order valence-corrected chi connectivity index (χ1v) is 12.7. The van der Waals surface area contributed by atoms with Crippen molar-refractivity contribution in [1.82, 2.24) is 19.4 Å². The molecule has 4 aromatic rings. The highest BCUT2D eigenvalue weighted by molar-refractivity contribution is 9.10. The average Bonchev–Trinajstić information content (AvgIpc) is 3.39. The molecule has 3 aromatic carbocycles. The fraction of sp³-hybridized carbons (Fsp3) is 0.333. The van der Waals surface area contributed by atoms with Gasteiger partial charge >= 0.3 is 5.69 Å². The van der Waals surface area contributed by atoms with Crippen molar-refractivity contribution in [2.45, 2.75) is 37.9 Å². The predicted octanol–water partition coefficient (Wildman–Crippen LogP) is 4.40. The first-order chi connectivity index (χ1) is 16.6. The molecule has 1 atom stereocenters. The molecule has 7 heteroatoms. The number of benzene rings is 3. The van der Waals surface area contributed by atoms with Crippen LogP contribution in [0.15, 0.2) is 63.9 Å². The Hall–Kier alpha value is -2.90. The molecular formula is C27H27BrN4O2. The monoisotopic (exact) mass is 518 g/mol. The van der Waals surface area contributed by atoms with Crippen LogP contribution in [0.5, 0.6) is 0 Å². The summed E-state index contributed by atoms with van der Waals surface area (Å²) >= 11 is 3.82. The fourth-order valence-electron chi connectivity index (χ4n) is 5.99. The van der Waals surface area contributed by atoms with E-state index in [1.54, 1.807) is 11.6 Å². The Morgan fingerprint density at radius 2 is 1.79 bits per heavy atom. The third kappa shape index (κ3) is 3.33. The number of carbonyl (C=O) groups is 1. The first kappa shape index (κ1) is 21.6. The molecule has 6 rings (SSSR count). The summed E-state index contributed by atoms with van der Waals surface area (Å²) in [4.78, 5) is 28.1. The minimum atomic E-state index is -0.166. The zero-order valence-electron chi connectivity index (χ0n) is 19.1. The van der Waals surface area contributed by atoms with E-state index in [2.05, 4.69) is 56.5 Å². The highest BCUT2D eigenvalue weighted by atomic mass is 79.9. The second-order valence-electron chi connectivity index (χ2n) is 9.36. The summed E-state index contributed by atoms with van der Waals surface area (Å²) in [6.07, 6.45) is 2.86. The number of nitrogens with one attached hydrogen (secondary N) is 1. The third-order valence-electron chi connectivity index (χ3n) is 7.62. The van der Waals surface area contributed by atoms with Crippen LogP contribution in [0, 0.1) is 0 Å². The van der Waals surface area contributed by atoms with Crippen molar-refractivity contribution in [1.29, 1.82) is 0 Å². The molecule has 6 nitrogen and oxygen atoms in total. The number of para-hydroxylation sites is 2. The molecule has 1 unspecified atom stereocenters. The lowest BCUT2D eigenvalue weighted by Crippen LogP contribution is -2.40. The number of imidazole rings is 1. The van der Waals surface area contributed by atoms with E-state index >= 15 is 0 Å². The van der Waals surface area contributed by atoms with E-state index in [0.717, 1.165) is 43.4 Å². The molecule has 0 saturated carbocycles. The van der Waals surface area contributed by atoms with E-state index in [1.807, 2.05) is 28.8 Å². The van der Waals surface area contributed by atoms with Crippen LogP contribution in [0.1, 0.15) is 36.1 Å². The lowest BCUT2D eigenvalue weighted by atomic mass is 9.99. The van der Waals surface area contributed by atoms with E-state index in [-0.39, 0.29) is 24.2 Å². The number of hydrogen-bond donors (Lipinski definition) is 1. The van der Waals surface area contributed by atoms with Gasteiger partial charge in [0, 0.05) is 36.7 Å². The zero-order valence-corrected chi connectivity index (χ0v) is 20.7. The summed E-state index contributed by atoms with van der Waals surface area (Å²) in [5.74, 6) is -0.166. The Bertz CT molecular complexity index is 1480.